The molecule has 0 spiro atoms. The Bertz CT molecular complexity index is 479. The van der Waals surface area contributed by atoms with E-state index in [-0.39, 0.29) is 6.10 Å². The van der Waals surface area contributed by atoms with Crippen molar-refractivity contribution in [3.63, 3.8) is 0 Å². The normalized spacial score (nSPS) is 16.2. The minimum atomic E-state index is 0.0761. The molecule has 0 radical (unpaired) electrons. The van der Waals surface area contributed by atoms with Gasteiger partial charge in [0.05, 0.1) is 6.10 Å². The van der Waals surface area contributed by atoms with Crippen LogP contribution in [0.15, 0.2) is 0 Å². The largest absolute Gasteiger partial charge is 0.362 e. The second kappa shape index (κ2) is 21.7. The van der Waals surface area contributed by atoms with E-state index in [4.69, 9.17) is 4.74 Å². The lowest BCUT2D eigenvalue weighted by Gasteiger charge is -2.35. The summed E-state index contributed by atoms with van der Waals surface area (Å²) in [4.78, 5) is 2.74. The van der Waals surface area contributed by atoms with Gasteiger partial charge in [-0.15, -0.1) is 0 Å². The first kappa shape index (κ1) is 31.5. The van der Waals surface area contributed by atoms with Crippen LogP contribution in [0, 0.1) is 23.7 Å². The fourth-order valence-electron chi connectivity index (χ4n) is 5.39. The molecule has 0 aromatic carbocycles. The SMILES string of the molecule is CCCCCCC(CCCCCC)CN1CCC(O[C@H](C)C#CC(CCCC)CCCC)CC1. The molecule has 0 aliphatic carbocycles. The maximum atomic E-state index is 6.39. The fraction of sp³-hybridized carbons (Fsp3) is 0.938. The summed E-state index contributed by atoms with van der Waals surface area (Å²) in [7, 11) is 0. The lowest BCUT2D eigenvalue weighted by molar-refractivity contribution is -0.0146. The predicted molar refractivity (Wildman–Crippen MR) is 151 cm³/mol. The average molecular weight is 476 g/mol. The summed E-state index contributed by atoms with van der Waals surface area (Å²) in [6.07, 6.45) is 24.6. The van der Waals surface area contributed by atoms with Crippen LogP contribution in [-0.4, -0.2) is 36.7 Å². The van der Waals surface area contributed by atoms with Crippen molar-refractivity contribution >= 4 is 0 Å². The maximum absolute atomic E-state index is 6.39. The zero-order chi connectivity index (χ0) is 24.9. The number of hydrogen-bond acceptors (Lipinski definition) is 2. The van der Waals surface area contributed by atoms with E-state index in [1.54, 1.807) is 0 Å². The van der Waals surface area contributed by atoms with E-state index in [2.05, 4.69) is 51.4 Å². The van der Waals surface area contributed by atoms with Crippen molar-refractivity contribution in [2.24, 2.45) is 11.8 Å². The number of rotatable bonds is 20. The standard InChI is InChI=1S/C32H61NO/c1-6-10-14-16-20-31(21-17-15-11-7-2)28-33-26-24-32(25-27-33)34-29(5)22-23-30(18-12-8-3)19-13-9-4/h29-32H,6-21,24-28H2,1-5H3/t29-/m1/s1. The van der Waals surface area contributed by atoms with Gasteiger partial charge in [0.2, 0.25) is 0 Å². The number of nitrogens with zero attached hydrogens (tertiary/aromatic N) is 1. The summed E-state index contributed by atoms with van der Waals surface area (Å²) in [5.41, 5.74) is 0. The van der Waals surface area contributed by atoms with Crippen LogP contribution in [-0.2, 0) is 4.74 Å². The molecule has 34 heavy (non-hydrogen) atoms. The summed E-state index contributed by atoms with van der Waals surface area (Å²) >= 11 is 0. The molecule has 0 saturated carbocycles. The van der Waals surface area contributed by atoms with Crippen LogP contribution in [0.2, 0.25) is 0 Å². The highest BCUT2D eigenvalue weighted by Gasteiger charge is 2.23. The van der Waals surface area contributed by atoms with Gasteiger partial charge in [0.1, 0.15) is 6.10 Å². The highest BCUT2D eigenvalue weighted by atomic mass is 16.5. The summed E-state index contributed by atoms with van der Waals surface area (Å²) in [6, 6.07) is 0. The average Bonchev–Trinajstić information content (AvgIpc) is 2.85. The van der Waals surface area contributed by atoms with E-state index in [0.717, 1.165) is 5.92 Å². The molecular formula is C32H61NO. The number of likely N-dealkylation sites (tertiary alicyclic amines) is 1. The van der Waals surface area contributed by atoms with Crippen molar-refractivity contribution in [2.75, 3.05) is 19.6 Å². The van der Waals surface area contributed by atoms with E-state index in [9.17, 15) is 0 Å². The van der Waals surface area contributed by atoms with Crippen molar-refractivity contribution in [2.45, 2.75) is 162 Å². The van der Waals surface area contributed by atoms with Crippen molar-refractivity contribution in [1.29, 1.82) is 0 Å². The Labute approximate surface area is 215 Å². The Morgan fingerprint density at radius 2 is 1.21 bits per heavy atom. The van der Waals surface area contributed by atoms with Crippen molar-refractivity contribution < 1.29 is 4.74 Å². The third-order valence-electron chi connectivity index (χ3n) is 7.68. The first-order valence-electron chi connectivity index (χ1n) is 15.5. The first-order valence-corrected chi connectivity index (χ1v) is 15.5. The number of piperidine rings is 1. The molecule has 1 rings (SSSR count). The third-order valence-corrected chi connectivity index (χ3v) is 7.68. The van der Waals surface area contributed by atoms with Crippen LogP contribution in [0.3, 0.4) is 0 Å². The van der Waals surface area contributed by atoms with Crippen LogP contribution in [0.25, 0.3) is 0 Å². The Morgan fingerprint density at radius 1 is 0.676 bits per heavy atom. The molecule has 0 N–H and O–H groups in total. The maximum Gasteiger partial charge on any atom is 0.115 e. The fourth-order valence-corrected chi connectivity index (χ4v) is 5.39. The second-order valence-corrected chi connectivity index (χ2v) is 11.1. The van der Waals surface area contributed by atoms with Gasteiger partial charge in [0, 0.05) is 25.6 Å². The third kappa shape index (κ3) is 16.2. The molecule has 2 heteroatoms. The second-order valence-electron chi connectivity index (χ2n) is 11.1. The monoisotopic (exact) mass is 475 g/mol. The van der Waals surface area contributed by atoms with Crippen molar-refractivity contribution in [3.8, 4) is 11.8 Å². The molecule has 0 bridgehead atoms. The molecule has 1 aliphatic heterocycles. The lowest BCUT2D eigenvalue weighted by atomic mass is 9.93. The number of hydrogen-bond donors (Lipinski definition) is 0. The van der Waals surface area contributed by atoms with Crippen molar-refractivity contribution in [1.82, 2.24) is 4.90 Å². The van der Waals surface area contributed by atoms with E-state index < -0.39 is 0 Å². The molecule has 0 aromatic heterocycles. The molecule has 1 heterocycles. The lowest BCUT2D eigenvalue weighted by Crippen LogP contribution is -2.40. The van der Waals surface area contributed by atoms with Crippen LogP contribution in [0.4, 0.5) is 0 Å². The van der Waals surface area contributed by atoms with Gasteiger partial charge in [-0.05, 0) is 51.4 Å². The quantitative estimate of drug-likeness (QED) is 0.128. The smallest absolute Gasteiger partial charge is 0.115 e. The Morgan fingerprint density at radius 3 is 1.71 bits per heavy atom. The summed E-state index contributed by atoms with van der Waals surface area (Å²) in [5.74, 6) is 8.53. The Balaban J connectivity index is 2.40. The van der Waals surface area contributed by atoms with E-state index >= 15 is 0 Å². The number of ether oxygens (including phenoxy) is 1. The zero-order valence-corrected chi connectivity index (χ0v) is 24.0. The van der Waals surface area contributed by atoms with Crippen molar-refractivity contribution in [3.05, 3.63) is 0 Å². The highest BCUT2D eigenvalue weighted by Crippen LogP contribution is 2.23. The summed E-state index contributed by atoms with van der Waals surface area (Å²) in [5, 5.41) is 0. The van der Waals surface area contributed by atoms with Gasteiger partial charge in [-0.3, -0.25) is 0 Å². The Hall–Kier alpha value is -0.520. The van der Waals surface area contributed by atoms with Gasteiger partial charge >= 0.3 is 0 Å². The van der Waals surface area contributed by atoms with E-state index in [1.807, 2.05) is 0 Å². The van der Waals surface area contributed by atoms with E-state index in [0.29, 0.717) is 12.0 Å². The molecule has 200 valence electrons. The highest BCUT2D eigenvalue weighted by molar-refractivity contribution is 5.07. The minimum absolute atomic E-state index is 0.0761. The Kier molecular flexibility index (Phi) is 20.1. The predicted octanol–water partition coefficient (Wildman–Crippen LogP) is 9.41. The van der Waals surface area contributed by atoms with Gasteiger partial charge < -0.3 is 9.64 Å². The summed E-state index contributed by atoms with van der Waals surface area (Å²) < 4.78 is 6.39. The van der Waals surface area contributed by atoms with Gasteiger partial charge in [0.25, 0.3) is 0 Å². The summed E-state index contributed by atoms with van der Waals surface area (Å²) in [6.45, 7) is 15.1. The zero-order valence-electron chi connectivity index (χ0n) is 24.0. The van der Waals surface area contributed by atoms with Gasteiger partial charge in [-0.2, -0.15) is 0 Å². The molecule has 0 unspecified atom stereocenters. The molecule has 0 aromatic rings. The van der Waals surface area contributed by atoms with Crippen LogP contribution < -0.4 is 0 Å². The number of unbranched alkanes of at least 4 members (excludes halogenated alkanes) is 8. The molecule has 1 atom stereocenters. The van der Waals surface area contributed by atoms with Crippen LogP contribution >= 0.6 is 0 Å². The topological polar surface area (TPSA) is 12.5 Å². The molecular weight excluding hydrogens is 414 g/mol. The molecule has 1 aliphatic rings. The van der Waals surface area contributed by atoms with Gasteiger partial charge in [-0.1, -0.05) is 117 Å². The minimum Gasteiger partial charge on any atom is -0.362 e. The van der Waals surface area contributed by atoms with Gasteiger partial charge in [-0.25, -0.2) is 0 Å². The first-order chi connectivity index (χ1) is 16.6. The molecule has 2 nitrogen and oxygen atoms in total. The molecule has 0 amide bonds. The van der Waals surface area contributed by atoms with Crippen LogP contribution in [0.1, 0.15) is 150 Å². The van der Waals surface area contributed by atoms with Crippen LogP contribution in [0.5, 0.6) is 0 Å². The molecule has 1 fully saturated rings. The van der Waals surface area contributed by atoms with Gasteiger partial charge in [0.15, 0.2) is 0 Å². The van der Waals surface area contributed by atoms with E-state index in [1.165, 1.54) is 135 Å². The molecule has 1 saturated heterocycles.